The number of hydrogen-bond acceptors (Lipinski definition) is 7. The highest BCUT2D eigenvalue weighted by Gasteiger charge is 2.25. The summed E-state index contributed by atoms with van der Waals surface area (Å²) in [5.41, 5.74) is 2.85. The molecule has 27 heavy (non-hydrogen) atoms. The highest BCUT2D eigenvalue weighted by molar-refractivity contribution is 7.09. The molecule has 1 atom stereocenters. The number of hydrogen-bond donors (Lipinski definition) is 0. The standard InChI is InChI=1S/C19H21N5O2S/c1-13-11-18(16-12-15(24(25)26)3-4-17(16)21-13)23-8-6-22(7-9-23)14(2)19-20-5-10-27-19/h3-5,10-12,14H,6-9H2,1-2H3. The van der Waals surface area contributed by atoms with Crippen molar-refractivity contribution in [3.8, 4) is 0 Å². The molecular weight excluding hydrogens is 362 g/mol. The van der Waals surface area contributed by atoms with Crippen LogP contribution in [0.1, 0.15) is 23.7 Å². The fraction of sp³-hybridized carbons (Fsp3) is 0.368. The molecule has 0 radical (unpaired) electrons. The summed E-state index contributed by atoms with van der Waals surface area (Å²) in [5.74, 6) is 0. The first-order chi connectivity index (χ1) is 13.0. The third kappa shape index (κ3) is 3.50. The van der Waals surface area contributed by atoms with Gasteiger partial charge in [0.05, 0.1) is 16.5 Å². The Morgan fingerprint density at radius 3 is 2.67 bits per heavy atom. The van der Waals surface area contributed by atoms with Crippen molar-refractivity contribution in [3.05, 3.63) is 56.7 Å². The number of nitro groups is 1. The minimum atomic E-state index is -0.350. The number of rotatable bonds is 4. The van der Waals surface area contributed by atoms with Crippen LogP contribution in [-0.2, 0) is 0 Å². The SMILES string of the molecule is Cc1cc(N2CCN(C(C)c3nccs3)CC2)c2cc([N+](=O)[O-])ccc2n1. The number of piperazine rings is 1. The minimum absolute atomic E-state index is 0.102. The molecule has 1 aliphatic rings. The van der Waals surface area contributed by atoms with Gasteiger partial charge in [0.15, 0.2) is 0 Å². The lowest BCUT2D eigenvalue weighted by Gasteiger charge is -2.39. The molecule has 2 aromatic heterocycles. The summed E-state index contributed by atoms with van der Waals surface area (Å²) < 4.78 is 0. The van der Waals surface area contributed by atoms with Crippen molar-refractivity contribution in [2.45, 2.75) is 19.9 Å². The Balaban J connectivity index is 1.59. The fourth-order valence-electron chi connectivity index (χ4n) is 3.65. The first-order valence-electron chi connectivity index (χ1n) is 8.97. The van der Waals surface area contributed by atoms with E-state index in [0.717, 1.165) is 53.5 Å². The van der Waals surface area contributed by atoms with Gasteiger partial charge in [0.25, 0.3) is 5.69 Å². The van der Waals surface area contributed by atoms with Gasteiger partial charge in [-0.1, -0.05) is 0 Å². The van der Waals surface area contributed by atoms with E-state index in [1.165, 1.54) is 6.07 Å². The second-order valence-corrected chi connectivity index (χ2v) is 7.74. The summed E-state index contributed by atoms with van der Waals surface area (Å²) >= 11 is 1.69. The molecule has 1 saturated heterocycles. The zero-order valence-corrected chi connectivity index (χ0v) is 16.1. The number of fused-ring (bicyclic) bond motifs is 1. The number of thiazole rings is 1. The van der Waals surface area contributed by atoms with E-state index in [9.17, 15) is 10.1 Å². The Hall–Kier alpha value is -2.58. The van der Waals surface area contributed by atoms with E-state index < -0.39 is 0 Å². The molecule has 140 valence electrons. The summed E-state index contributed by atoms with van der Waals surface area (Å²) in [6.07, 6.45) is 1.85. The molecule has 0 N–H and O–H groups in total. The van der Waals surface area contributed by atoms with Crippen molar-refractivity contribution in [2.75, 3.05) is 31.1 Å². The van der Waals surface area contributed by atoms with E-state index in [4.69, 9.17) is 0 Å². The van der Waals surface area contributed by atoms with Gasteiger partial charge in [-0.15, -0.1) is 11.3 Å². The summed E-state index contributed by atoms with van der Waals surface area (Å²) in [5, 5.41) is 15.2. The molecule has 0 saturated carbocycles. The molecule has 4 rings (SSSR count). The van der Waals surface area contributed by atoms with Gasteiger partial charge in [0.2, 0.25) is 0 Å². The Kier molecular flexibility index (Phi) is 4.75. The van der Waals surface area contributed by atoms with Crippen LogP contribution in [0.5, 0.6) is 0 Å². The van der Waals surface area contributed by atoms with Crippen molar-refractivity contribution < 1.29 is 4.92 Å². The smallest absolute Gasteiger partial charge is 0.270 e. The van der Waals surface area contributed by atoms with Crippen molar-refractivity contribution in [1.29, 1.82) is 0 Å². The third-order valence-corrected chi connectivity index (χ3v) is 6.07. The van der Waals surface area contributed by atoms with Gasteiger partial charge in [-0.25, -0.2) is 4.98 Å². The molecular formula is C19H21N5O2S. The van der Waals surface area contributed by atoms with Gasteiger partial charge < -0.3 is 4.90 Å². The Bertz CT molecular complexity index is 968. The number of aromatic nitrogens is 2. The highest BCUT2D eigenvalue weighted by Crippen LogP contribution is 2.32. The number of benzene rings is 1. The normalized spacial score (nSPS) is 16.6. The maximum atomic E-state index is 11.2. The molecule has 0 bridgehead atoms. The summed E-state index contributed by atoms with van der Waals surface area (Å²) in [4.78, 5) is 24.6. The van der Waals surface area contributed by atoms with E-state index in [-0.39, 0.29) is 10.6 Å². The van der Waals surface area contributed by atoms with E-state index in [1.54, 1.807) is 23.5 Å². The molecule has 1 unspecified atom stereocenters. The quantitative estimate of drug-likeness (QED) is 0.504. The molecule has 3 aromatic rings. The lowest BCUT2D eigenvalue weighted by Crippen LogP contribution is -2.47. The maximum Gasteiger partial charge on any atom is 0.270 e. The first kappa shape index (κ1) is 17.8. The number of anilines is 1. The molecule has 8 heteroatoms. The number of non-ortho nitro benzene ring substituents is 1. The Labute approximate surface area is 161 Å². The zero-order valence-electron chi connectivity index (χ0n) is 15.3. The summed E-state index contributed by atoms with van der Waals surface area (Å²) in [6.45, 7) is 7.76. The van der Waals surface area contributed by atoms with Gasteiger partial charge in [-0.05, 0) is 26.0 Å². The monoisotopic (exact) mass is 383 g/mol. The van der Waals surface area contributed by atoms with Crippen molar-refractivity contribution in [1.82, 2.24) is 14.9 Å². The fourth-order valence-corrected chi connectivity index (χ4v) is 4.38. The van der Waals surface area contributed by atoms with Crippen LogP contribution in [0.25, 0.3) is 10.9 Å². The van der Waals surface area contributed by atoms with Crippen LogP contribution in [-0.4, -0.2) is 46.0 Å². The van der Waals surface area contributed by atoms with Crippen LogP contribution in [0.2, 0.25) is 0 Å². The molecule has 0 amide bonds. The van der Waals surface area contributed by atoms with Crippen LogP contribution >= 0.6 is 11.3 Å². The molecule has 1 aromatic carbocycles. The minimum Gasteiger partial charge on any atom is -0.368 e. The van der Waals surface area contributed by atoms with Crippen LogP contribution in [0.3, 0.4) is 0 Å². The molecule has 0 aliphatic carbocycles. The van der Waals surface area contributed by atoms with E-state index in [1.807, 2.05) is 24.6 Å². The van der Waals surface area contributed by atoms with E-state index in [2.05, 4.69) is 26.7 Å². The number of pyridine rings is 1. The summed E-state index contributed by atoms with van der Waals surface area (Å²) in [6, 6.07) is 7.24. The molecule has 0 spiro atoms. The molecule has 7 nitrogen and oxygen atoms in total. The van der Waals surface area contributed by atoms with Crippen molar-refractivity contribution in [3.63, 3.8) is 0 Å². The Morgan fingerprint density at radius 2 is 2.00 bits per heavy atom. The predicted molar refractivity (Wildman–Crippen MR) is 107 cm³/mol. The van der Waals surface area contributed by atoms with Gasteiger partial charge in [0, 0.05) is 66.7 Å². The maximum absolute atomic E-state index is 11.2. The lowest BCUT2D eigenvalue weighted by molar-refractivity contribution is -0.384. The van der Waals surface area contributed by atoms with Crippen molar-refractivity contribution in [2.24, 2.45) is 0 Å². The average Bonchev–Trinajstić information content (AvgIpc) is 3.21. The van der Waals surface area contributed by atoms with E-state index in [0.29, 0.717) is 6.04 Å². The third-order valence-electron chi connectivity index (χ3n) is 5.12. The van der Waals surface area contributed by atoms with Gasteiger partial charge >= 0.3 is 0 Å². The number of aryl methyl sites for hydroxylation is 1. The number of nitro benzene ring substituents is 1. The highest BCUT2D eigenvalue weighted by atomic mass is 32.1. The van der Waals surface area contributed by atoms with Crippen LogP contribution in [0.4, 0.5) is 11.4 Å². The second kappa shape index (κ2) is 7.21. The summed E-state index contributed by atoms with van der Waals surface area (Å²) in [7, 11) is 0. The predicted octanol–water partition coefficient (Wildman–Crippen LogP) is 3.79. The lowest BCUT2D eigenvalue weighted by atomic mass is 10.1. The zero-order chi connectivity index (χ0) is 19.0. The number of nitrogens with zero attached hydrogens (tertiary/aromatic N) is 5. The van der Waals surface area contributed by atoms with Crippen LogP contribution in [0.15, 0.2) is 35.8 Å². The second-order valence-electron chi connectivity index (χ2n) is 6.81. The van der Waals surface area contributed by atoms with Crippen molar-refractivity contribution >= 4 is 33.6 Å². The van der Waals surface area contributed by atoms with Crippen LogP contribution < -0.4 is 4.90 Å². The largest absolute Gasteiger partial charge is 0.368 e. The van der Waals surface area contributed by atoms with E-state index >= 15 is 0 Å². The molecule has 3 heterocycles. The molecule has 1 aliphatic heterocycles. The van der Waals surface area contributed by atoms with Gasteiger partial charge in [0.1, 0.15) is 5.01 Å². The van der Waals surface area contributed by atoms with Gasteiger partial charge in [-0.3, -0.25) is 20.0 Å². The molecule has 1 fully saturated rings. The van der Waals surface area contributed by atoms with Gasteiger partial charge in [-0.2, -0.15) is 0 Å². The first-order valence-corrected chi connectivity index (χ1v) is 9.85. The Morgan fingerprint density at radius 1 is 1.22 bits per heavy atom. The average molecular weight is 383 g/mol. The van der Waals surface area contributed by atoms with Crippen LogP contribution in [0, 0.1) is 17.0 Å². The topological polar surface area (TPSA) is 75.4 Å².